The molecule has 2 heterocycles. The van der Waals surface area contributed by atoms with Crippen LogP contribution in [0.15, 0.2) is 54.7 Å². The van der Waals surface area contributed by atoms with Crippen LogP contribution < -0.4 is 5.73 Å². The molecule has 0 spiro atoms. The van der Waals surface area contributed by atoms with Crippen molar-refractivity contribution in [1.29, 1.82) is 0 Å². The summed E-state index contributed by atoms with van der Waals surface area (Å²) in [4.78, 5) is 38.9. The minimum absolute atomic E-state index is 0.0196. The second-order valence-corrected chi connectivity index (χ2v) is 9.13. The Morgan fingerprint density at radius 2 is 1.94 bits per heavy atom. The van der Waals surface area contributed by atoms with Gasteiger partial charge in [0.15, 0.2) is 0 Å². The summed E-state index contributed by atoms with van der Waals surface area (Å²) in [6.07, 6.45) is 1.12. The van der Waals surface area contributed by atoms with Gasteiger partial charge in [0.05, 0.1) is 18.7 Å². The Labute approximate surface area is 199 Å². The number of hydrogen-bond donors (Lipinski definition) is 1. The highest BCUT2D eigenvalue weighted by Crippen LogP contribution is 2.32. The zero-order chi connectivity index (χ0) is 24.6. The second-order valence-electron chi connectivity index (χ2n) is 8.70. The standard InChI is InChI=1S/C24H23ClF2N4O3/c1-24(26)10-20(23(34)31(27)11-15-5-4-6-16(25)9-15)30(14-24)21(32)13-29-12-18(22(28)33)17-7-2-3-8-19(17)29/h2-9,12,20H,10-11,13-14H2,1H3,(H2,28,33)/t20-,24+/m0/s1. The summed E-state index contributed by atoms with van der Waals surface area (Å²) >= 11 is 5.92. The molecule has 0 radical (unpaired) electrons. The number of fused-ring (bicyclic) bond motifs is 1. The van der Waals surface area contributed by atoms with Crippen LogP contribution >= 0.6 is 11.6 Å². The van der Waals surface area contributed by atoms with Gasteiger partial charge < -0.3 is 15.2 Å². The summed E-state index contributed by atoms with van der Waals surface area (Å²) in [5.74, 6) is -2.24. The fourth-order valence-electron chi connectivity index (χ4n) is 4.37. The van der Waals surface area contributed by atoms with Crippen LogP contribution in [0.5, 0.6) is 0 Å². The van der Waals surface area contributed by atoms with Gasteiger partial charge in [-0.05, 0) is 30.7 Å². The molecule has 2 atom stereocenters. The van der Waals surface area contributed by atoms with E-state index in [4.69, 9.17) is 17.3 Å². The first-order valence-corrected chi connectivity index (χ1v) is 11.0. The first-order valence-electron chi connectivity index (χ1n) is 10.6. The van der Waals surface area contributed by atoms with Crippen molar-refractivity contribution in [3.05, 3.63) is 70.9 Å². The largest absolute Gasteiger partial charge is 0.366 e. The maximum Gasteiger partial charge on any atom is 0.273 e. The minimum Gasteiger partial charge on any atom is -0.366 e. The smallest absolute Gasteiger partial charge is 0.273 e. The summed E-state index contributed by atoms with van der Waals surface area (Å²) < 4.78 is 31.2. The number of rotatable bonds is 6. The van der Waals surface area contributed by atoms with E-state index >= 15 is 0 Å². The number of benzene rings is 2. The van der Waals surface area contributed by atoms with Crippen molar-refractivity contribution in [1.82, 2.24) is 14.6 Å². The Morgan fingerprint density at radius 1 is 1.21 bits per heavy atom. The number of alkyl halides is 1. The molecule has 3 amide bonds. The lowest BCUT2D eigenvalue weighted by atomic mass is 10.0. The van der Waals surface area contributed by atoms with Crippen LogP contribution in [0.25, 0.3) is 10.9 Å². The Kier molecular flexibility index (Phi) is 6.31. The van der Waals surface area contributed by atoms with Crippen molar-refractivity contribution in [2.75, 3.05) is 6.54 Å². The molecule has 34 heavy (non-hydrogen) atoms. The molecule has 2 aromatic carbocycles. The van der Waals surface area contributed by atoms with Crippen molar-refractivity contribution in [2.24, 2.45) is 5.73 Å². The molecule has 1 saturated heterocycles. The zero-order valence-corrected chi connectivity index (χ0v) is 19.1. The lowest BCUT2D eigenvalue weighted by Gasteiger charge is -2.26. The van der Waals surface area contributed by atoms with Crippen LogP contribution in [0.4, 0.5) is 8.87 Å². The molecule has 1 aliphatic rings. The van der Waals surface area contributed by atoms with Gasteiger partial charge in [-0.1, -0.05) is 46.4 Å². The van der Waals surface area contributed by atoms with Gasteiger partial charge in [-0.3, -0.25) is 14.4 Å². The third-order valence-electron chi connectivity index (χ3n) is 5.91. The van der Waals surface area contributed by atoms with E-state index in [0.29, 0.717) is 21.5 Å². The monoisotopic (exact) mass is 488 g/mol. The maximum absolute atomic E-state index is 14.9. The average molecular weight is 489 g/mol. The Balaban J connectivity index is 1.56. The minimum atomic E-state index is -1.86. The van der Waals surface area contributed by atoms with E-state index in [2.05, 4.69) is 0 Å². The van der Waals surface area contributed by atoms with E-state index in [1.54, 1.807) is 42.5 Å². The number of nitrogens with zero attached hydrogens (tertiary/aromatic N) is 3. The number of nitrogens with two attached hydrogens (primary N) is 1. The van der Waals surface area contributed by atoms with Crippen LogP contribution in [0.2, 0.25) is 5.02 Å². The van der Waals surface area contributed by atoms with Crippen LogP contribution in [-0.4, -0.2) is 50.6 Å². The van der Waals surface area contributed by atoms with E-state index in [0.717, 1.165) is 4.90 Å². The summed E-state index contributed by atoms with van der Waals surface area (Å²) in [7, 11) is 0. The Morgan fingerprint density at radius 3 is 2.65 bits per heavy atom. The molecule has 178 valence electrons. The zero-order valence-electron chi connectivity index (χ0n) is 18.4. The van der Waals surface area contributed by atoms with E-state index in [9.17, 15) is 23.3 Å². The first kappa shape index (κ1) is 23.7. The number of aromatic nitrogens is 1. The molecule has 10 heteroatoms. The molecule has 1 aromatic heterocycles. The summed E-state index contributed by atoms with van der Waals surface area (Å²) in [6.45, 7) is 0.269. The lowest BCUT2D eigenvalue weighted by molar-refractivity contribution is -0.156. The third-order valence-corrected chi connectivity index (χ3v) is 6.14. The van der Waals surface area contributed by atoms with E-state index in [1.165, 1.54) is 23.8 Å². The van der Waals surface area contributed by atoms with E-state index in [1.807, 2.05) is 0 Å². The van der Waals surface area contributed by atoms with Gasteiger partial charge in [-0.2, -0.15) is 5.12 Å². The van der Waals surface area contributed by atoms with Crippen molar-refractivity contribution < 1.29 is 23.3 Å². The van der Waals surface area contributed by atoms with Crippen molar-refractivity contribution in [2.45, 2.75) is 38.1 Å². The molecule has 7 nitrogen and oxygen atoms in total. The van der Waals surface area contributed by atoms with Gasteiger partial charge >= 0.3 is 0 Å². The maximum atomic E-state index is 14.9. The van der Waals surface area contributed by atoms with Gasteiger partial charge in [0.1, 0.15) is 18.3 Å². The highest BCUT2D eigenvalue weighted by atomic mass is 35.5. The van der Waals surface area contributed by atoms with Gasteiger partial charge in [0, 0.05) is 28.5 Å². The summed E-state index contributed by atoms with van der Waals surface area (Å²) in [6, 6.07) is 12.0. The Hall–Kier alpha value is -3.46. The molecule has 0 aliphatic carbocycles. The van der Waals surface area contributed by atoms with E-state index in [-0.39, 0.29) is 36.7 Å². The van der Waals surface area contributed by atoms with Gasteiger partial charge in [-0.15, -0.1) is 0 Å². The molecule has 2 N–H and O–H groups in total. The van der Waals surface area contributed by atoms with Crippen molar-refractivity contribution in [3.8, 4) is 0 Å². The summed E-state index contributed by atoms with van der Waals surface area (Å²) in [5, 5.41) is 0.944. The second kappa shape index (κ2) is 9.06. The lowest BCUT2D eigenvalue weighted by Crippen LogP contribution is -2.46. The number of carbonyl (C=O) groups excluding carboxylic acids is 3. The van der Waals surface area contributed by atoms with Crippen molar-refractivity contribution >= 4 is 40.2 Å². The fraction of sp³-hybridized carbons (Fsp3) is 0.292. The van der Waals surface area contributed by atoms with Crippen LogP contribution in [-0.2, 0) is 22.7 Å². The Bertz CT molecular complexity index is 1280. The number of amides is 3. The number of hydrogen-bond acceptors (Lipinski definition) is 3. The topological polar surface area (TPSA) is 88.6 Å². The SMILES string of the molecule is C[C@@]1(F)C[C@@H](C(=O)N(F)Cc2cccc(Cl)c2)N(C(=O)Cn2cc(C(N)=O)c3ccccc32)C1. The predicted molar refractivity (Wildman–Crippen MR) is 123 cm³/mol. The average Bonchev–Trinajstić information content (AvgIpc) is 3.30. The number of likely N-dealkylation sites (tertiary alicyclic amines) is 1. The van der Waals surface area contributed by atoms with E-state index < -0.39 is 29.4 Å². The predicted octanol–water partition coefficient (Wildman–Crippen LogP) is 3.64. The summed E-state index contributed by atoms with van der Waals surface area (Å²) in [5.41, 5.74) is 4.88. The quantitative estimate of drug-likeness (QED) is 0.537. The molecule has 0 unspecified atom stereocenters. The first-order chi connectivity index (χ1) is 16.1. The van der Waals surface area contributed by atoms with Crippen molar-refractivity contribution in [3.63, 3.8) is 0 Å². The molecule has 0 bridgehead atoms. The molecular weight excluding hydrogens is 466 g/mol. The molecule has 1 fully saturated rings. The van der Waals surface area contributed by atoms with Crippen LogP contribution in [0.1, 0.15) is 29.3 Å². The molecular formula is C24H23ClF2N4O3. The van der Waals surface area contributed by atoms with Gasteiger partial charge in [0.25, 0.3) is 11.8 Å². The van der Waals surface area contributed by atoms with Gasteiger partial charge in [0.2, 0.25) is 5.91 Å². The third kappa shape index (κ3) is 4.75. The number of halogens is 3. The molecule has 3 aromatic rings. The number of primary amides is 1. The highest BCUT2D eigenvalue weighted by molar-refractivity contribution is 6.30. The molecule has 1 aliphatic heterocycles. The normalized spacial score (nSPS) is 20.0. The highest BCUT2D eigenvalue weighted by Gasteiger charge is 2.48. The van der Waals surface area contributed by atoms with Crippen LogP contribution in [0.3, 0.4) is 0 Å². The number of carbonyl (C=O) groups is 3. The molecule has 0 saturated carbocycles. The van der Waals surface area contributed by atoms with Crippen LogP contribution in [0, 0.1) is 0 Å². The molecule has 4 rings (SSSR count). The number of para-hydroxylation sites is 1. The van der Waals surface area contributed by atoms with Gasteiger partial charge in [-0.25, -0.2) is 4.39 Å². The fourth-order valence-corrected chi connectivity index (χ4v) is 4.58.